The van der Waals surface area contributed by atoms with Gasteiger partial charge in [-0.15, -0.1) is 0 Å². The largest absolute Gasteiger partial charge is 0.496 e. The van der Waals surface area contributed by atoms with E-state index in [1.165, 1.54) is 0 Å². The van der Waals surface area contributed by atoms with Gasteiger partial charge in [0.15, 0.2) is 0 Å². The van der Waals surface area contributed by atoms with Crippen LogP contribution < -0.4 is 10.8 Å². The van der Waals surface area contributed by atoms with Crippen molar-refractivity contribution in [2.45, 2.75) is 51.7 Å². The second-order valence-electron chi connectivity index (χ2n) is 7.55. The summed E-state index contributed by atoms with van der Waals surface area (Å²) in [5, 5.41) is 2.89. The van der Waals surface area contributed by atoms with Crippen LogP contribution in [0.5, 0.6) is 0 Å². The number of hydrogen-bond donors (Lipinski definition) is 1. The van der Waals surface area contributed by atoms with E-state index in [1.807, 2.05) is 47.9 Å². The molecule has 6 nitrogen and oxygen atoms in total. The van der Waals surface area contributed by atoms with E-state index >= 15 is 0 Å². The molecular weight excluding hydrogens is 305 g/mol. The zero-order chi connectivity index (χ0) is 18.0. The third kappa shape index (κ3) is 4.56. The van der Waals surface area contributed by atoms with Crippen LogP contribution in [-0.4, -0.2) is 54.8 Å². The second kappa shape index (κ2) is 7.21. The fourth-order valence-corrected chi connectivity index (χ4v) is 2.41. The molecule has 0 spiro atoms. The zero-order valence-electron chi connectivity index (χ0n) is 15.5. The molecule has 1 amide bonds. The van der Waals surface area contributed by atoms with Crippen LogP contribution in [0.3, 0.4) is 0 Å². The van der Waals surface area contributed by atoms with Crippen molar-refractivity contribution in [3.05, 3.63) is 18.5 Å². The summed E-state index contributed by atoms with van der Waals surface area (Å²) in [6.45, 7) is 8.93. The molecule has 0 radical (unpaired) electrons. The first-order chi connectivity index (χ1) is 11.1. The lowest BCUT2D eigenvalue weighted by Gasteiger charge is -2.32. The normalized spacial score (nSPS) is 18.9. The van der Waals surface area contributed by atoms with Gasteiger partial charge in [0.05, 0.1) is 23.1 Å². The maximum Gasteiger partial charge on any atom is 0.496 e. The summed E-state index contributed by atoms with van der Waals surface area (Å²) in [5.74, 6) is -0.00952. The topological polar surface area (TPSA) is 63.7 Å². The molecule has 0 atom stereocenters. The Morgan fingerprint density at radius 1 is 1.21 bits per heavy atom. The Morgan fingerprint density at radius 2 is 1.83 bits per heavy atom. The van der Waals surface area contributed by atoms with Crippen LogP contribution in [0, 0.1) is 0 Å². The molecule has 1 aliphatic heterocycles. The Hall–Kier alpha value is -1.44. The SMILES string of the molecule is CN(C)CCCC(=O)Nc1cncc(B2OC(C)(C)C(C)(C)O2)c1. The Balaban J connectivity index is 1.99. The molecule has 1 aliphatic rings. The number of rotatable bonds is 6. The Bertz CT molecular complexity index is 574. The molecule has 24 heavy (non-hydrogen) atoms. The number of nitrogens with one attached hydrogen (secondary N) is 1. The quantitative estimate of drug-likeness (QED) is 0.802. The van der Waals surface area contributed by atoms with Crippen LogP contribution in [0.2, 0.25) is 0 Å². The fourth-order valence-electron chi connectivity index (χ4n) is 2.41. The van der Waals surface area contributed by atoms with Crippen molar-refractivity contribution in [2.75, 3.05) is 26.0 Å². The number of hydrogen-bond acceptors (Lipinski definition) is 5. The summed E-state index contributed by atoms with van der Waals surface area (Å²) in [4.78, 5) is 18.3. The lowest BCUT2D eigenvalue weighted by Crippen LogP contribution is -2.41. The van der Waals surface area contributed by atoms with E-state index in [4.69, 9.17) is 9.31 Å². The van der Waals surface area contributed by atoms with E-state index in [2.05, 4.69) is 15.2 Å². The first-order valence-corrected chi connectivity index (χ1v) is 8.36. The molecule has 0 aliphatic carbocycles. The Kier molecular flexibility index (Phi) is 5.68. The van der Waals surface area contributed by atoms with E-state index in [0.717, 1.165) is 18.4 Å². The summed E-state index contributed by atoms with van der Waals surface area (Å²) in [6.07, 6.45) is 4.66. The number of anilines is 1. The molecule has 0 unspecified atom stereocenters. The van der Waals surface area contributed by atoms with Crippen molar-refractivity contribution in [1.82, 2.24) is 9.88 Å². The summed E-state index contributed by atoms with van der Waals surface area (Å²) < 4.78 is 12.0. The first-order valence-electron chi connectivity index (χ1n) is 8.36. The molecule has 7 heteroatoms. The molecule has 0 aromatic carbocycles. The number of aromatic nitrogens is 1. The number of nitrogens with zero attached hydrogens (tertiary/aromatic N) is 2. The molecule has 2 rings (SSSR count). The van der Waals surface area contributed by atoms with Crippen molar-refractivity contribution < 1.29 is 14.1 Å². The van der Waals surface area contributed by atoms with E-state index in [1.54, 1.807) is 12.4 Å². The fraction of sp³-hybridized carbons (Fsp3) is 0.647. The van der Waals surface area contributed by atoms with E-state index in [-0.39, 0.29) is 5.91 Å². The minimum Gasteiger partial charge on any atom is -0.399 e. The van der Waals surface area contributed by atoms with Crippen molar-refractivity contribution >= 4 is 24.2 Å². The average molecular weight is 333 g/mol. The van der Waals surface area contributed by atoms with E-state index in [0.29, 0.717) is 12.1 Å². The van der Waals surface area contributed by atoms with Gasteiger partial charge in [-0.2, -0.15) is 0 Å². The predicted octanol–water partition coefficient (Wildman–Crippen LogP) is 1.66. The summed E-state index contributed by atoms with van der Waals surface area (Å²) >= 11 is 0. The highest BCUT2D eigenvalue weighted by molar-refractivity contribution is 6.62. The Morgan fingerprint density at radius 3 is 2.42 bits per heavy atom. The molecule has 1 aromatic rings. The molecule has 132 valence electrons. The number of carbonyl (C=O) groups is 1. The summed E-state index contributed by atoms with van der Waals surface area (Å²) in [6, 6.07) is 1.86. The van der Waals surface area contributed by atoms with Crippen molar-refractivity contribution in [2.24, 2.45) is 0 Å². The van der Waals surface area contributed by atoms with Gasteiger partial charge in [0.1, 0.15) is 0 Å². The molecular formula is C17H28BN3O3. The van der Waals surface area contributed by atoms with Gasteiger partial charge >= 0.3 is 7.12 Å². The standard InChI is InChI=1S/C17H28BN3O3/c1-16(2)17(3,4)24-18(23-16)13-10-14(12-19-11-13)20-15(22)8-7-9-21(5)6/h10-12H,7-9H2,1-6H3,(H,20,22). The molecule has 2 heterocycles. The van der Waals surface area contributed by atoms with Crippen LogP contribution in [0.4, 0.5) is 5.69 Å². The third-order valence-electron chi connectivity index (χ3n) is 4.58. The van der Waals surface area contributed by atoms with Gasteiger partial charge in [0.25, 0.3) is 0 Å². The highest BCUT2D eigenvalue weighted by atomic mass is 16.7. The van der Waals surface area contributed by atoms with Gasteiger partial charge in [-0.05, 0) is 60.8 Å². The van der Waals surface area contributed by atoms with E-state index in [9.17, 15) is 4.79 Å². The van der Waals surface area contributed by atoms with Crippen LogP contribution in [0.15, 0.2) is 18.5 Å². The zero-order valence-corrected chi connectivity index (χ0v) is 15.5. The lowest BCUT2D eigenvalue weighted by molar-refractivity contribution is -0.116. The summed E-state index contributed by atoms with van der Waals surface area (Å²) in [5.41, 5.74) is 0.670. The van der Waals surface area contributed by atoms with Gasteiger partial charge in [-0.3, -0.25) is 9.78 Å². The molecule has 1 N–H and O–H groups in total. The maximum absolute atomic E-state index is 12.0. The third-order valence-corrected chi connectivity index (χ3v) is 4.58. The molecule has 0 saturated carbocycles. The number of carbonyl (C=O) groups excluding carboxylic acids is 1. The monoisotopic (exact) mass is 333 g/mol. The van der Waals surface area contributed by atoms with Crippen LogP contribution in [0.1, 0.15) is 40.5 Å². The van der Waals surface area contributed by atoms with Crippen LogP contribution in [-0.2, 0) is 14.1 Å². The molecule has 1 aromatic heterocycles. The summed E-state index contributed by atoms with van der Waals surface area (Å²) in [7, 11) is 3.51. The van der Waals surface area contributed by atoms with Crippen LogP contribution in [0.25, 0.3) is 0 Å². The van der Waals surface area contributed by atoms with Gasteiger partial charge in [-0.1, -0.05) is 0 Å². The molecule has 1 fully saturated rings. The van der Waals surface area contributed by atoms with Crippen LogP contribution >= 0.6 is 0 Å². The molecule has 1 saturated heterocycles. The highest BCUT2D eigenvalue weighted by Crippen LogP contribution is 2.36. The Labute approximate surface area is 145 Å². The lowest BCUT2D eigenvalue weighted by atomic mass is 9.80. The first kappa shape index (κ1) is 18.9. The number of pyridine rings is 1. The highest BCUT2D eigenvalue weighted by Gasteiger charge is 2.51. The minimum absolute atomic E-state index is 0.00952. The van der Waals surface area contributed by atoms with Gasteiger partial charge in [-0.25, -0.2) is 0 Å². The smallest absolute Gasteiger partial charge is 0.399 e. The number of amides is 1. The van der Waals surface area contributed by atoms with Crippen molar-refractivity contribution in [3.8, 4) is 0 Å². The average Bonchev–Trinajstić information content (AvgIpc) is 2.67. The minimum atomic E-state index is -0.479. The van der Waals surface area contributed by atoms with Gasteiger partial charge < -0.3 is 19.5 Å². The van der Waals surface area contributed by atoms with Gasteiger partial charge in [0.2, 0.25) is 5.91 Å². The van der Waals surface area contributed by atoms with Crippen molar-refractivity contribution in [3.63, 3.8) is 0 Å². The predicted molar refractivity (Wildman–Crippen MR) is 96.4 cm³/mol. The van der Waals surface area contributed by atoms with Crippen molar-refractivity contribution in [1.29, 1.82) is 0 Å². The van der Waals surface area contributed by atoms with Gasteiger partial charge in [0, 0.05) is 18.1 Å². The second-order valence-corrected chi connectivity index (χ2v) is 7.55. The molecule has 0 bridgehead atoms. The van der Waals surface area contributed by atoms with E-state index < -0.39 is 18.3 Å². The maximum atomic E-state index is 12.0.